The molecule has 0 saturated heterocycles. The fraction of sp³-hybridized carbons (Fsp3) is 0. The first kappa shape index (κ1) is 15.0. The van der Waals surface area contributed by atoms with Crippen molar-refractivity contribution in [2.75, 3.05) is 0 Å². The molecule has 2 aromatic carbocycles. The van der Waals surface area contributed by atoms with Crippen LogP contribution < -0.4 is 0 Å². The number of carbonyl (C=O) groups excluding carboxylic acids is 4. The molecule has 4 nitrogen and oxygen atoms in total. The average molecular weight is 422 g/mol. The van der Waals surface area contributed by atoms with E-state index in [0.29, 0.717) is 32.6 Å². The molecule has 0 N–H and O–H groups in total. The van der Waals surface area contributed by atoms with Crippen LogP contribution >= 0.6 is 31.9 Å². The van der Waals surface area contributed by atoms with Gasteiger partial charge in [-0.05, 0) is 24.3 Å². The van der Waals surface area contributed by atoms with Crippen molar-refractivity contribution in [2.24, 2.45) is 0 Å². The summed E-state index contributed by atoms with van der Waals surface area (Å²) in [6, 6.07) is 6.08. The van der Waals surface area contributed by atoms with Crippen molar-refractivity contribution >= 4 is 56.0 Å². The van der Waals surface area contributed by atoms with Crippen molar-refractivity contribution < 1.29 is 19.2 Å². The molecule has 0 saturated carbocycles. The van der Waals surface area contributed by atoms with Gasteiger partial charge in [-0.15, -0.1) is 0 Å². The van der Waals surface area contributed by atoms with Gasteiger partial charge in [0.1, 0.15) is 0 Å². The molecular weight excluding hydrogens is 416 g/mol. The highest BCUT2D eigenvalue weighted by atomic mass is 79.9. The van der Waals surface area contributed by atoms with Crippen LogP contribution in [0, 0.1) is 0 Å². The molecule has 0 atom stereocenters. The van der Waals surface area contributed by atoms with Gasteiger partial charge in [0.15, 0.2) is 12.6 Å². The number of hydrogen-bond acceptors (Lipinski definition) is 4. The summed E-state index contributed by atoms with van der Waals surface area (Å²) in [6.07, 6.45) is 1.21. The Kier molecular flexibility index (Phi) is 3.66. The number of Topliss-reactive ketones (excluding diaryl/α,β-unsaturated/α-hetero) is 2. The minimum Gasteiger partial charge on any atom is -0.298 e. The number of aldehydes is 2. The highest BCUT2D eigenvalue weighted by Crippen LogP contribution is 2.40. The fourth-order valence-corrected chi connectivity index (χ4v) is 3.55. The standard InChI is InChI=1S/C16H6Br2O4/c17-9-1-7(5-19)13-11(3-9)15(21)16(22)12-4-10(18)2-8(6-20)14(12)13/h1-6H. The zero-order chi connectivity index (χ0) is 16.0. The fourth-order valence-electron chi connectivity index (χ4n) is 2.60. The molecule has 2 aromatic rings. The summed E-state index contributed by atoms with van der Waals surface area (Å²) in [5.74, 6) is -1.39. The van der Waals surface area contributed by atoms with Crippen molar-refractivity contribution in [3.8, 4) is 11.1 Å². The smallest absolute Gasteiger partial charge is 0.234 e. The van der Waals surface area contributed by atoms with E-state index in [1.807, 2.05) is 0 Å². The Hall–Kier alpha value is -1.92. The van der Waals surface area contributed by atoms with Gasteiger partial charge < -0.3 is 0 Å². The average Bonchev–Trinajstić information content (AvgIpc) is 2.51. The van der Waals surface area contributed by atoms with E-state index in [4.69, 9.17) is 0 Å². The van der Waals surface area contributed by atoms with E-state index in [9.17, 15) is 19.2 Å². The van der Waals surface area contributed by atoms with Crippen LogP contribution in [0.25, 0.3) is 11.1 Å². The van der Waals surface area contributed by atoms with E-state index in [1.165, 1.54) is 12.1 Å². The first-order valence-corrected chi connectivity index (χ1v) is 7.73. The maximum atomic E-state index is 12.3. The first-order chi connectivity index (χ1) is 10.5. The Labute approximate surface area is 141 Å². The third-order valence-electron chi connectivity index (χ3n) is 3.47. The SMILES string of the molecule is O=Cc1cc(Br)cc2c1-c1c(C=O)cc(Br)cc1C(=O)C2=O. The molecule has 0 aliphatic heterocycles. The topological polar surface area (TPSA) is 68.3 Å². The molecule has 1 aliphatic carbocycles. The lowest BCUT2D eigenvalue weighted by molar-refractivity contribution is 0.0815. The highest BCUT2D eigenvalue weighted by Gasteiger charge is 2.34. The maximum absolute atomic E-state index is 12.3. The largest absolute Gasteiger partial charge is 0.298 e. The third kappa shape index (κ3) is 2.10. The molecule has 0 bridgehead atoms. The van der Waals surface area contributed by atoms with E-state index in [1.54, 1.807) is 12.1 Å². The number of fused-ring (bicyclic) bond motifs is 3. The summed E-state index contributed by atoms with van der Waals surface area (Å²) in [4.78, 5) is 47.4. The molecule has 108 valence electrons. The zero-order valence-corrected chi connectivity index (χ0v) is 14.0. The molecule has 22 heavy (non-hydrogen) atoms. The van der Waals surface area contributed by atoms with Gasteiger partial charge >= 0.3 is 0 Å². The highest BCUT2D eigenvalue weighted by molar-refractivity contribution is 9.10. The lowest BCUT2D eigenvalue weighted by Crippen LogP contribution is -2.23. The van der Waals surface area contributed by atoms with E-state index in [2.05, 4.69) is 31.9 Å². The van der Waals surface area contributed by atoms with Crippen molar-refractivity contribution in [3.63, 3.8) is 0 Å². The molecule has 3 rings (SSSR count). The molecular formula is C16H6Br2O4. The summed E-state index contributed by atoms with van der Waals surface area (Å²) < 4.78 is 1.03. The third-order valence-corrected chi connectivity index (χ3v) is 4.38. The number of hydrogen-bond donors (Lipinski definition) is 0. The van der Waals surface area contributed by atoms with Gasteiger partial charge in [0.2, 0.25) is 11.6 Å². The second-order valence-electron chi connectivity index (χ2n) is 4.73. The summed E-state index contributed by atoms with van der Waals surface area (Å²) in [6.45, 7) is 0. The molecule has 1 aliphatic rings. The monoisotopic (exact) mass is 420 g/mol. The molecule has 0 amide bonds. The van der Waals surface area contributed by atoms with Crippen LogP contribution in [0.15, 0.2) is 33.2 Å². The molecule has 0 unspecified atom stereocenters. The molecule has 0 fully saturated rings. The van der Waals surface area contributed by atoms with Crippen LogP contribution in [0.5, 0.6) is 0 Å². The Bertz CT molecular complexity index is 811. The lowest BCUT2D eigenvalue weighted by atomic mass is 9.80. The predicted molar refractivity (Wildman–Crippen MR) is 86.7 cm³/mol. The van der Waals surface area contributed by atoms with Crippen molar-refractivity contribution in [1.29, 1.82) is 0 Å². The Balaban J connectivity index is 2.54. The Morgan fingerprint density at radius 1 is 0.682 bits per heavy atom. The Morgan fingerprint density at radius 3 is 1.36 bits per heavy atom. The molecule has 6 heteroatoms. The van der Waals surface area contributed by atoms with Gasteiger partial charge in [0, 0.05) is 42.3 Å². The molecule has 0 spiro atoms. The number of ketones is 2. The van der Waals surface area contributed by atoms with Gasteiger partial charge in [-0.25, -0.2) is 0 Å². The quantitative estimate of drug-likeness (QED) is 0.545. The van der Waals surface area contributed by atoms with E-state index < -0.39 is 11.6 Å². The first-order valence-electron chi connectivity index (χ1n) is 6.14. The minimum atomic E-state index is -0.693. The van der Waals surface area contributed by atoms with E-state index in [-0.39, 0.29) is 22.3 Å². The van der Waals surface area contributed by atoms with Gasteiger partial charge in [0.05, 0.1) is 0 Å². The molecule has 0 radical (unpaired) electrons. The summed E-state index contributed by atoms with van der Waals surface area (Å²) >= 11 is 6.43. The maximum Gasteiger partial charge on any atom is 0.234 e. The van der Waals surface area contributed by atoms with E-state index in [0.717, 1.165) is 0 Å². The van der Waals surface area contributed by atoms with Gasteiger partial charge in [-0.3, -0.25) is 19.2 Å². The predicted octanol–water partition coefficient (Wildman–Crippen LogP) is 3.88. The summed E-state index contributed by atoms with van der Waals surface area (Å²) in [5, 5.41) is 0. The molecule has 0 heterocycles. The normalized spacial score (nSPS) is 12.6. The Morgan fingerprint density at radius 2 is 1.05 bits per heavy atom. The second kappa shape index (κ2) is 5.37. The van der Waals surface area contributed by atoms with Crippen molar-refractivity contribution in [2.45, 2.75) is 0 Å². The van der Waals surface area contributed by atoms with Crippen LogP contribution in [0.1, 0.15) is 41.4 Å². The summed E-state index contributed by atoms with van der Waals surface area (Å²) in [5.41, 5.74) is 1.40. The van der Waals surface area contributed by atoms with Crippen molar-refractivity contribution in [3.05, 3.63) is 55.5 Å². The van der Waals surface area contributed by atoms with Gasteiger partial charge in [-0.1, -0.05) is 31.9 Å². The zero-order valence-electron chi connectivity index (χ0n) is 10.9. The van der Waals surface area contributed by atoms with Gasteiger partial charge in [0.25, 0.3) is 0 Å². The lowest BCUT2D eigenvalue weighted by Gasteiger charge is -2.21. The van der Waals surface area contributed by atoms with Crippen LogP contribution in [0.3, 0.4) is 0 Å². The van der Waals surface area contributed by atoms with Gasteiger partial charge in [-0.2, -0.15) is 0 Å². The summed E-state index contributed by atoms with van der Waals surface area (Å²) in [7, 11) is 0. The van der Waals surface area contributed by atoms with Crippen LogP contribution in [0.4, 0.5) is 0 Å². The van der Waals surface area contributed by atoms with Crippen LogP contribution in [0.2, 0.25) is 0 Å². The number of benzene rings is 2. The second-order valence-corrected chi connectivity index (χ2v) is 6.56. The molecule has 0 aromatic heterocycles. The van der Waals surface area contributed by atoms with Crippen molar-refractivity contribution in [1.82, 2.24) is 0 Å². The minimum absolute atomic E-state index is 0.124. The van der Waals surface area contributed by atoms with Crippen LogP contribution in [-0.4, -0.2) is 24.1 Å². The van der Waals surface area contributed by atoms with Crippen LogP contribution in [-0.2, 0) is 0 Å². The number of rotatable bonds is 2. The number of carbonyl (C=O) groups is 4. The van der Waals surface area contributed by atoms with E-state index >= 15 is 0 Å². The number of halogens is 2.